The third kappa shape index (κ3) is 8.98. The molecule has 0 unspecified atom stereocenters. The zero-order chi connectivity index (χ0) is 31.3. The molecule has 1 saturated heterocycles. The molecule has 2 fully saturated rings. The van der Waals surface area contributed by atoms with Crippen molar-refractivity contribution in [2.45, 2.75) is 95.0 Å². The quantitative estimate of drug-likeness (QED) is 0.265. The number of alkyl halides is 2. The first-order valence-electron chi connectivity index (χ1n) is 15.6. The average molecular weight is 620 g/mol. The third-order valence-electron chi connectivity index (χ3n) is 9.44. The highest BCUT2D eigenvalue weighted by atomic mass is 35.5. The molecule has 1 saturated carbocycles. The summed E-state index contributed by atoms with van der Waals surface area (Å²) in [4.78, 5) is 19.7. The van der Waals surface area contributed by atoms with Gasteiger partial charge in [0.2, 0.25) is 0 Å². The summed E-state index contributed by atoms with van der Waals surface area (Å²) in [6.07, 6.45) is 1.76. The second-order valence-corrected chi connectivity index (χ2v) is 13.2. The number of carbonyl (C=O) groups is 1. The van der Waals surface area contributed by atoms with E-state index >= 15 is 0 Å². The fraction of sp³-hybridized carbons (Fsp3) is 0.618. The summed E-state index contributed by atoms with van der Waals surface area (Å²) in [5.41, 5.74) is 4.04. The van der Waals surface area contributed by atoms with Crippen molar-refractivity contribution in [2.75, 3.05) is 40.8 Å². The Morgan fingerprint density at radius 3 is 2.30 bits per heavy atom. The van der Waals surface area contributed by atoms with Gasteiger partial charge in [0, 0.05) is 43.7 Å². The summed E-state index contributed by atoms with van der Waals surface area (Å²) in [6.45, 7) is 5.35. The number of nitrogens with zero attached hydrogens (tertiary/aromatic N) is 3. The lowest BCUT2D eigenvalue weighted by Gasteiger charge is -2.40. The van der Waals surface area contributed by atoms with Gasteiger partial charge in [0.1, 0.15) is 6.04 Å². The number of benzene rings is 2. The van der Waals surface area contributed by atoms with Gasteiger partial charge in [-0.2, -0.15) is 8.78 Å². The van der Waals surface area contributed by atoms with Crippen molar-refractivity contribution in [1.82, 2.24) is 14.7 Å². The SMILES string of the molecule is Cc1cccc([C@@H](C(=O)O)N(C)CC[C@@H](c2cccc(Cl)c2)N2CCC(N(C)C)CC2)c1C1CCC(OC(C)(F)F)CC1. The zero-order valence-corrected chi connectivity index (χ0v) is 27.0. The number of hydrogen-bond donors (Lipinski definition) is 1. The third-order valence-corrected chi connectivity index (χ3v) is 9.68. The number of aliphatic carboxylic acids is 1. The molecule has 2 aliphatic rings. The zero-order valence-electron chi connectivity index (χ0n) is 26.2. The molecule has 2 aromatic carbocycles. The highest BCUT2D eigenvalue weighted by molar-refractivity contribution is 6.30. The molecule has 4 rings (SSSR count). The van der Waals surface area contributed by atoms with E-state index in [-0.39, 0.29) is 12.0 Å². The normalized spacial score (nSPS) is 22.2. The molecule has 2 atom stereocenters. The van der Waals surface area contributed by atoms with E-state index in [1.54, 1.807) is 0 Å². The van der Waals surface area contributed by atoms with Crippen LogP contribution in [0.3, 0.4) is 0 Å². The van der Waals surface area contributed by atoms with Crippen LogP contribution in [0.4, 0.5) is 8.78 Å². The van der Waals surface area contributed by atoms with Gasteiger partial charge in [-0.1, -0.05) is 41.9 Å². The molecule has 1 heterocycles. The monoisotopic (exact) mass is 619 g/mol. The molecule has 1 N–H and O–H groups in total. The molecule has 43 heavy (non-hydrogen) atoms. The van der Waals surface area contributed by atoms with E-state index in [2.05, 4.69) is 30.0 Å². The van der Waals surface area contributed by atoms with Crippen molar-refractivity contribution >= 4 is 17.6 Å². The first-order chi connectivity index (χ1) is 20.3. The molecule has 6 nitrogen and oxygen atoms in total. The maximum Gasteiger partial charge on any atom is 0.353 e. The van der Waals surface area contributed by atoms with Crippen LogP contribution in [0, 0.1) is 6.92 Å². The minimum atomic E-state index is -3.15. The Kier molecular flexibility index (Phi) is 11.6. The van der Waals surface area contributed by atoms with Crippen molar-refractivity contribution in [2.24, 2.45) is 0 Å². The number of rotatable bonds is 12. The lowest BCUT2D eigenvalue weighted by molar-refractivity contribution is -0.254. The van der Waals surface area contributed by atoms with Crippen LogP contribution < -0.4 is 0 Å². The van der Waals surface area contributed by atoms with Gasteiger partial charge in [0.25, 0.3) is 0 Å². The Labute approximate surface area is 260 Å². The lowest BCUT2D eigenvalue weighted by atomic mass is 9.77. The van der Waals surface area contributed by atoms with E-state index in [0.29, 0.717) is 43.3 Å². The van der Waals surface area contributed by atoms with Crippen LogP contribution in [0.5, 0.6) is 0 Å². The molecule has 1 aliphatic carbocycles. The van der Waals surface area contributed by atoms with E-state index in [1.807, 2.05) is 55.3 Å². The Hall–Kier alpha value is -2.10. The van der Waals surface area contributed by atoms with Gasteiger partial charge in [-0.05, 0) is 113 Å². The molecule has 238 valence electrons. The highest BCUT2D eigenvalue weighted by Gasteiger charge is 2.35. The van der Waals surface area contributed by atoms with Gasteiger partial charge in [-0.25, -0.2) is 0 Å². The first-order valence-corrected chi connectivity index (χ1v) is 16.0. The standard InChI is InChI=1S/C34H48ClF2N3O3/c1-23-8-6-11-29(31(23)24-12-14-28(15-13-24)43-34(2,36)37)32(33(41)42)39(5)19-18-30(25-9-7-10-26(35)22-25)40-20-16-27(17-21-40)38(3)4/h6-11,22,24,27-28,30,32H,12-21H2,1-5H3,(H,41,42)/t24?,28?,30-,32-/m0/s1. The predicted molar refractivity (Wildman–Crippen MR) is 168 cm³/mol. The minimum absolute atomic E-state index is 0.106. The van der Waals surface area contributed by atoms with Gasteiger partial charge < -0.3 is 14.7 Å². The van der Waals surface area contributed by atoms with Crippen molar-refractivity contribution < 1.29 is 23.4 Å². The number of ether oxygens (including phenoxy) is 1. The fourth-order valence-corrected chi connectivity index (χ4v) is 7.46. The van der Waals surface area contributed by atoms with E-state index in [1.165, 1.54) is 0 Å². The number of piperidine rings is 1. The molecular formula is C34H48ClF2N3O3. The molecule has 0 aromatic heterocycles. The van der Waals surface area contributed by atoms with Crippen LogP contribution in [-0.2, 0) is 9.53 Å². The smallest absolute Gasteiger partial charge is 0.353 e. The van der Waals surface area contributed by atoms with Crippen molar-refractivity contribution in [3.63, 3.8) is 0 Å². The average Bonchev–Trinajstić information content (AvgIpc) is 2.93. The first kappa shape index (κ1) is 33.8. The predicted octanol–water partition coefficient (Wildman–Crippen LogP) is 7.52. The number of carboxylic acids is 1. The summed E-state index contributed by atoms with van der Waals surface area (Å²) in [5, 5.41) is 11.3. The van der Waals surface area contributed by atoms with Gasteiger partial charge in [0.15, 0.2) is 0 Å². The number of aryl methyl sites for hydroxylation is 1. The van der Waals surface area contributed by atoms with E-state index in [0.717, 1.165) is 61.5 Å². The van der Waals surface area contributed by atoms with Gasteiger partial charge in [-0.3, -0.25) is 14.6 Å². The molecule has 0 bridgehead atoms. The number of carboxylic acid groups (broad SMARTS) is 1. The Morgan fingerprint density at radius 2 is 1.72 bits per heavy atom. The van der Waals surface area contributed by atoms with Gasteiger partial charge >= 0.3 is 12.1 Å². The van der Waals surface area contributed by atoms with Crippen molar-refractivity contribution in [1.29, 1.82) is 0 Å². The van der Waals surface area contributed by atoms with Crippen LogP contribution in [0.15, 0.2) is 42.5 Å². The molecule has 0 amide bonds. The minimum Gasteiger partial charge on any atom is -0.480 e. The summed E-state index contributed by atoms with van der Waals surface area (Å²) in [5.74, 6) is -0.780. The molecular weight excluding hydrogens is 572 g/mol. The number of likely N-dealkylation sites (N-methyl/N-ethyl adjacent to an activating group) is 1. The maximum absolute atomic E-state index is 13.5. The van der Waals surface area contributed by atoms with Crippen LogP contribution >= 0.6 is 11.6 Å². The Balaban J connectivity index is 1.53. The second kappa shape index (κ2) is 14.8. The Bertz CT molecular complexity index is 1210. The number of likely N-dealkylation sites (tertiary alicyclic amines) is 1. The molecule has 0 radical (unpaired) electrons. The van der Waals surface area contributed by atoms with Crippen molar-refractivity contribution in [3.05, 3.63) is 69.7 Å². The van der Waals surface area contributed by atoms with Gasteiger partial charge in [-0.15, -0.1) is 0 Å². The van der Waals surface area contributed by atoms with Crippen LogP contribution in [-0.4, -0.2) is 84.8 Å². The van der Waals surface area contributed by atoms with E-state index < -0.39 is 24.2 Å². The van der Waals surface area contributed by atoms with Crippen LogP contribution in [0.25, 0.3) is 0 Å². The Morgan fingerprint density at radius 1 is 1.07 bits per heavy atom. The second-order valence-electron chi connectivity index (χ2n) is 12.8. The number of halogens is 3. The molecule has 1 aliphatic heterocycles. The largest absolute Gasteiger partial charge is 0.480 e. The van der Waals surface area contributed by atoms with Crippen LogP contribution in [0.1, 0.15) is 92.1 Å². The van der Waals surface area contributed by atoms with Gasteiger partial charge in [0.05, 0.1) is 6.10 Å². The lowest BCUT2D eigenvalue weighted by Crippen LogP contribution is -2.44. The molecule has 0 spiro atoms. The van der Waals surface area contributed by atoms with Crippen LogP contribution in [0.2, 0.25) is 5.02 Å². The van der Waals surface area contributed by atoms with Crippen molar-refractivity contribution in [3.8, 4) is 0 Å². The summed E-state index contributed by atoms with van der Waals surface area (Å²) in [7, 11) is 6.17. The summed E-state index contributed by atoms with van der Waals surface area (Å²) < 4.78 is 31.9. The topological polar surface area (TPSA) is 56.2 Å². The fourth-order valence-electron chi connectivity index (χ4n) is 7.26. The maximum atomic E-state index is 13.5. The molecule has 2 aromatic rings. The van der Waals surface area contributed by atoms with E-state index in [9.17, 15) is 18.7 Å². The summed E-state index contributed by atoms with van der Waals surface area (Å²) in [6, 6.07) is 13.8. The number of hydrogen-bond acceptors (Lipinski definition) is 5. The highest BCUT2D eigenvalue weighted by Crippen LogP contribution is 2.41. The summed E-state index contributed by atoms with van der Waals surface area (Å²) >= 11 is 6.42. The van der Waals surface area contributed by atoms with E-state index in [4.69, 9.17) is 16.3 Å². The molecule has 9 heteroatoms.